The fourth-order valence-electron chi connectivity index (χ4n) is 2.01. The van der Waals surface area contributed by atoms with Gasteiger partial charge < -0.3 is 15.4 Å². The summed E-state index contributed by atoms with van der Waals surface area (Å²) in [4.78, 5) is 16.1. The molecule has 5 nitrogen and oxygen atoms in total. The van der Waals surface area contributed by atoms with Crippen molar-refractivity contribution in [3.8, 4) is 11.5 Å². The van der Waals surface area contributed by atoms with E-state index < -0.39 is 0 Å². The first kappa shape index (κ1) is 22.2. The maximum absolute atomic E-state index is 12.2. The Kier molecular flexibility index (Phi) is 10.8. The summed E-state index contributed by atoms with van der Waals surface area (Å²) < 4.78 is 5.70. The lowest BCUT2D eigenvalue weighted by molar-refractivity contribution is 0.0950. The SMILES string of the molecule is CCN[C@H](C)CNC(=O)c1cccc(Oc2ccncc2)c1.Cl.Cl. The van der Waals surface area contributed by atoms with Crippen molar-refractivity contribution in [1.82, 2.24) is 15.6 Å². The van der Waals surface area contributed by atoms with Gasteiger partial charge in [0.25, 0.3) is 5.91 Å². The average molecular weight is 372 g/mol. The number of carbonyl (C=O) groups excluding carboxylic acids is 1. The molecule has 2 aromatic rings. The topological polar surface area (TPSA) is 63.2 Å². The Morgan fingerprint density at radius 1 is 1.17 bits per heavy atom. The molecule has 24 heavy (non-hydrogen) atoms. The summed E-state index contributed by atoms with van der Waals surface area (Å²) in [7, 11) is 0. The maximum Gasteiger partial charge on any atom is 0.251 e. The predicted octanol–water partition coefficient (Wildman–Crippen LogP) is 3.45. The Morgan fingerprint density at radius 3 is 2.54 bits per heavy atom. The minimum atomic E-state index is -0.107. The van der Waals surface area contributed by atoms with Gasteiger partial charge in [0.2, 0.25) is 0 Å². The van der Waals surface area contributed by atoms with Crippen LogP contribution in [0.4, 0.5) is 0 Å². The normalized spacial score (nSPS) is 10.8. The van der Waals surface area contributed by atoms with E-state index in [-0.39, 0.29) is 36.8 Å². The van der Waals surface area contributed by atoms with E-state index in [1.54, 1.807) is 42.7 Å². The highest BCUT2D eigenvalue weighted by molar-refractivity contribution is 5.94. The minimum absolute atomic E-state index is 0. The van der Waals surface area contributed by atoms with Gasteiger partial charge in [-0.05, 0) is 43.8 Å². The van der Waals surface area contributed by atoms with Crippen molar-refractivity contribution in [2.24, 2.45) is 0 Å². The fourth-order valence-corrected chi connectivity index (χ4v) is 2.01. The molecule has 1 heterocycles. The third kappa shape index (κ3) is 7.17. The Bertz CT molecular complexity index is 612. The second-order valence-corrected chi connectivity index (χ2v) is 4.98. The molecular weight excluding hydrogens is 349 g/mol. The van der Waals surface area contributed by atoms with Crippen LogP contribution in [-0.2, 0) is 0 Å². The first-order chi connectivity index (χ1) is 10.7. The van der Waals surface area contributed by atoms with Crippen LogP contribution in [0.25, 0.3) is 0 Å². The van der Waals surface area contributed by atoms with Gasteiger partial charge in [-0.2, -0.15) is 0 Å². The van der Waals surface area contributed by atoms with Gasteiger partial charge in [0.15, 0.2) is 0 Å². The number of aromatic nitrogens is 1. The molecule has 0 unspecified atom stereocenters. The van der Waals surface area contributed by atoms with E-state index >= 15 is 0 Å². The second-order valence-electron chi connectivity index (χ2n) is 4.98. The largest absolute Gasteiger partial charge is 0.457 e. The summed E-state index contributed by atoms with van der Waals surface area (Å²) in [6.07, 6.45) is 3.32. The molecule has 0 saturated carbocycles. The number of likely N-dealkylation sites (N-methyl/N-ethyl adjacent to an activating group) is 1. The van der Waals surface area contributed by atoms with Crippen molar-refractivity contribution in [3.63, 3.8) is 0 Å². The number of rotatable bonds is 7. The van der Waals surface area contributed by atoms with E-state index in [9.17, 15) is 4.79 Å². The van der Waals surface area contributed by atoms with Gasteiger partial charge in [-0.3, -0.25) is 9.78 Å². The third-order valence-corrected chi connectivity index (χ3v) is 3.10. The summed E-state index contributed by atoms with van der Waals surface area (Å²) in [5.74, 6) is 1.21. The van der Waals surface area contributed by atoms with Gasteiger partial charge in [0.1, 0.15) is 11.5 Å². The van der Waals surface area contributed by atoms with E-state index in [1.165, 1.54) is 0 Å². The highest BCUT2D eigenvalue weighted by atomic mass is 35.5. The van der Waals surface area contributed by atoms with E-state index in [0.717, 1.165) is 6.54 Å². The van der Waals surface area contributed by atoms with Crippen LogP contribution >= 0.6 is 24.8 Å². The van der Waals surface area contributed by atoms with Crippen LogP contribution in [0.3, 0.4) is 0 Å². The predicted molar refractivity (Wildman–Crippen MR) is 101 cm³/mol. The smallest absolute Gasteiger partial charge is 0.251 e. The van der Waals surface area contributed by atoms with Crippen LogP contribution in [0, 0.1) is 0 Å². The summed E-state index contributed by atoms with van der Waals surface area (Å²) in [6.45, 7) is 5.54. The third-order valence-electron chi connectivity index (χ3n) is 3.10. The lowest BCUT2D eigenvalue weighted by Crippen LogP contribution is -2.38. The average Bonchev–Trinajstić information content (AvgIpc) is 2.54. The lowest BCUT2D eigenvalue weighted by Gasteiger charge is -2.13. The van der Waals surface area contributed by atoms with Crippen molar-refractivity contribution < 1.29 is 9.53 Å². The second kappa shape index (κ2) is 11.7. The molecular formula is C17H23Cl2N3O2. The Labute approximate surface area is 155 Å². The Balaban J connectivity index is 0.00000264. The Morgan fingerprint density at radius 2 is 1.88 bits per heavy atom. The van der Waals surface area contributed by atoms with Crippen LogP contribution in [0.2, 0.25) is 0 Å². The van der Waals surface area contributed by atoms with Crippen LogP contribution in [0.5, 0.6) is 11.5 Å². The van der Waals surface area contributed by atoms with Crippen molar-refractivity contribution in [2.45, 2.75) is 19.9 Å². The summed E-state index contributed by atoms with van der Waals surface area (Å²) in [5, 5.41) is 6.16. The number of pyridine rings is 1. The standard InChI is InChI=1S/C17H21N3O2.2ClH/c1-3-19-13(2)12-20-17(21)14-5-4-6-16(11-14)22-15-7-9-18-10-8-15;;/h4-11,13,19H,3,12H2,1-2H3,(H,20,21);2*1H/t13-;;/m1../s1. The van der Waals surface area contributed by atoms with Gasteiger partial charge in [-0.25, -0.2) is 0 Å². The van der Waals surface area contributed by atoms with Crippen LogP contribution in [0.1, 0.15) is 24.2 Å². The molecule has 0 fully saturated rings. The zero-order valence-corrected chi connectivity index (χ0v) is 15.3. The number of nitrogens with zero attached hydrogens (tertiary/aromatic N) is 1. The monoisotopic (exact) mass is 371 g/mol. The fraction of sp³-hybridized carbons (Fsp3) is 0.294. The van der Waals surface area contributed by atoms with E-state index in [2.05, 4.69) is 15.6 Å². The Hall–Kier alpha value is -1.82. The minimum Gasteiger partial charge on any atom is -0.457 e. The van der Waals surface area contributed by atoms with E-state index in [4.69, 9.17) is 4.74 Å². The number of ether oxygens (including phenoxy) is 1. The number of hydrogen-bond acceptors (Lipinski definition) is 4. The molecule has 0 radical (unpaired) electrons. The number of carbonyl (C=O) groups is 1. The highest BCUT2D eigenvalue weighted by Gasteiger charge is 2.08. The molecule has 0 aliphatic heterocycles. The maximum atomic E-state index is 12.2. The van der Waals surface area contributed by atoms with Crippen molar-refractivity contribution in [3.05, 3.63) is 54.4 Å². The summed E-state index contributed by atoms with van der Waals surface area (Å²) in [5.41, 5.74) is 0.579. The van der Waals surface area contributed by atoms with Crippen LogP contribution < -0.4 is 15.4 Å². The number of halogens is 2. The number of amides is 1. The van der Waals surface area contributed by atoms with E-state index in [1.807, 2.05) is 19.9 Å². The molecule has 0 aliphatic rings. The van der Waals surface area contributed by atoms with Gasteiger partial charge in [-0.1, -0.05) is 13.0 Å². The van der Waals surface area contributed by atoms with Crippen LogP contribution in [-0.4, -0.2) is 30.0 Å². The molecule has 1 atom stereocenters. The molecule has 0 saturated heterocycles. The molecule has 2 rings (SSSR count). The molecule has 2 N–H and O–H groups in total. The molecule has 132 valence electrons. The molecule has 0 spiro atoms. The quantitative estimate of drug-likeness (QED) is 0.782. The van der Waals surface area contributed by atoms with Gasteiger partial charge in [0, 0.05) is 30.5 Å². The van der Waals surface area contributed by atoms with E-state index in [0.29, 0.717) is 23.6 Å². The van der Waals surface area contributed by atoms with Gasteiger partial charge in [0.05, 0.1) is 0 Å². The van der Waals surface area contributed by atoms with Crippen molar-refractivity contribution in [1.29, 1.82) is 0 Å². The first-order valence-corrected chi connectivity index (χ1v) is 7.38. The summed E-state index contributed by atoms with van der Waals surface area (Å²) in [6, 6.07) is 10.9. The molecule has 0 aliphatic carbocycles. The molecule has 7 heteroatoms. The molecule has 1 amide bonds. The zero-order chi connectivity index (χ0) is 15.8. The highest BCUT2D eigenvalue weighted by Crippen LogP contribution is 2.21. The number of hydrogen-bond donors (Lipinski definition) is 2. The first-order valence-electron chi connectivity index (χ1n) is 7.38. The number of nitrogens with one attached hydrogen (secondary N) is 2. The lowest BCUT2D eigenvalue weighted by atomic mass is 10.2. The molecule has 1 aromatic heterocycles. The van der Waals surface area contributed by atoms with Gasteiger partial charge >= 0.3 is 0 Å². The van der Waals surface area contributed by atoms with Crippen molar-refractivity contribution >= 4 is 30.7 Å². The number of benzene rings is 1. The summed E-state index contributed by atoms with van der Waals surface area (Å²) >= 11 is 0. The van der Waals surface area contributed by atoms with Crippen molar-refractivity contribution in [2.75, 3.05) is 13.1 Å². The van der Waals surface area contributed by atoms with Crippen LogP contribution in [0.15, 0.2) is 48.8 Å². The zero-order valence-electron chi connectivity index (χ0n) is 13.7. The van der Waals surface area contributed by atoms with Gasteiger partial charge in [-0.15, -0.1) is 24.8 Å². The molecule has 1 aromatic carbocycles. The molecule has 0 bridgehead atoms.